The van der Waals surface area contributed by atoms with Crippen LogP contribution in [0.4, 0.5) is 0 Å². The monoisotopic (exact) mass is 1340 g/mol. The number of fused-ring (bicyclic) bond motifs is 4. The maximum atomic E-state index is 12.7. The van der Waals surface area contributed by atoms with Crippen LogP contribution in [0.2, 0.25) is 0 Å². The van der Waals surface area contributed by atoms with Crippen molar-refractivity contribution in [1.29, 1.82) is 0 Å². The number of pyridine rings is 4. The van der Waals surface area contributed by atoms with Gasteiger partial charge < -0.3 is 38.2 Å². The molecule has 16 nitrogen and oxygen atoms in total. The molecule has 0 bridgehead atoms. The van der Waals surface area contributed by atoms with Crippen molar-refractivity contribution in [2.45, 2.75) is 152 Å². The number of carbonyl (C=O) groups excluding carboxylic acids is 4. The summed E-state index contributed by atoms with van der Waals surface area (Å²) in [6.07, 6.45) is 21.1. The molecule has 0 unspecified atom stereocenters. The molecule has 16 heteroatoms. The van der Waals surface area contributed by atoms with Gasteiger partial charge in [0.2, 0.25) is 0 Å². The number of carbonyl (C=O) groups is 4. The van der Waals surface area contributed by atoms with Crippen LogP contribution in [-0.4, -0.2) is 61.3 Å². The van der Waals surface area contributed by atoms with Gasteiger partial charge in [-0.15, -0.1) is 0 Å². The average Bonchev–Trinajstić information content (AvgIpc) is 0.875. The molecular formula is C84H88N8O8. The molecule has 4 saturated carbocycles. The molecule has 0 spiro atoms. The maximum Gasteiger partial charge on any atom is 0.252 e. The number of nitrogens with zero attached hydrogens (tertiary/aromatic N) is 4. The molecule has 16 rings (SSSR count). The van der Waals surface area contributed by atoms with Crippen LogP contribution in [0.25, 0.3) is 88.6 Å². The lowest BCUT2D eigenvalue weighted by Gasteiger charge is -2.31. The minimum atomic E-state index is -0.646. The summed E-state index contributed by atoms with van der Waals surface area (Å²) < 4.78 is 8.26. The molecule has 0 radical (unpaired) electrons. The molecule has 4 N–H and O–H groups in total. The largest absolute Gasteiger partial charge is 0.351 e. The molecule has 4 fully saturated rings. The number of aryl methyl sites for hydroxylation is 4. The summed E-state index contributed by atoms with van der Waals surface area (Å²) >= 11 is 0. The van der Waals surface area contributed by atoms with E-state index in [4.69, 9.17) is 0 Å². The Labute approximate surface area is 580 Å². The van der Waals surface area contributed by atoms with Crippen LogP contribution in [0.15, 0.2) is 190 Å². The number of Topliss-reactive ketones (excluding diaryl/α,β-unsaturated/α-hetero) is 4. The van der Waals surface area contributed by atoms with Gasteiger partial charge in [0.25, 0.3) is 22.2 Å². The molecule has 100 heavy (non-hydrogen) atoms. The first-order valence-electron chi connectivity index (χ1n) is 35.3. The Bertz CT molecular complexity index is 5120. The van der Waals surface area contributed by atoms with Gasteiger partial charge in [0.05, 0.1) is 21.7 Å². The Kier molecular flexibility index (Phi) is 18.6. The number of aromatic nitrogens is 8. The fraction of sp³-hybridized carbons (Fsp3) is 0.333. The molecule has 8 heterocycles. The smallest absolute Gasteiger partial charge is 0.252 e. The lowest BCUT2D eigenvalue weighted by Crippen LogP contribution is -2.40. The zero-order valence-electron chi connectivity index (χ0n) is 58.5. The van der Waals surface area contributed by atoms with Gasteiger partial charge in [-0.25, -0.2) is 0 Å². The normalized spacial score (nSPS) is 21.0. The minimum absolute atomic E-state index is 0.150. The number of rotatable bonds is 8. The average molecular weight is 1340 g/mol. The topological polar surface area (TPSA) is 219 Å². The van der Waals surface area contributed by atoms with Crippen molar-refractivity contribution in [3.8, 4) is 45.0 Å². The van der Waals surface area contributed by atoms with E-state index in [-0.39, 0.29) is 45.4 Å². The van der Waals surface area contributed by atoms with Crippen molar-refractivity contribution >= 4 is 66.7 Å². The summed E-state index contributed by atoms with van der Waals surface area (Å²) in [6.45, 7) is 7.65. The van der Waals surface area contributed by atoms with Crippen molar-refractivity contribution in [2.75, 3.05) is 0 Å². The van der Waals surface area contributed by atoms with Crippen LogP contribution in [0.5, 0.6) is 0 Å². The maximum absolute atomic E-state index is 12.7. The summed E-state index contributed by atoms with van der Waals surface area (Å²) in [5.41, 5.74) is 10.8. The van der Waals surface area contributed by atoms with Crippen LogP contribution >= 0.6 is 0 Å². The quantitative estimate of drug-likeness (QED) is 0.114. The van der Waals surface area contributed by atoms with E-state index in [2.05, 4.69) is 111 Å². The number of aromatic amines is 4. The van der Waals surface area contributed by atoms with Gasteiger partial charge in [0.1, 0.15) is 23.1 Å². The van der Waals surface area contributed by atoms with E-state index >= 15 is 0 Å². The van der Waals surface area contributed by atoms with E-state index in [0.717, 1.165) is 155 Å². The molecule has 0 saturated heterocycles. The second-order valence-corrected chi connectivity index (χ2v) is 29.1. The zero-order chi connectivity index (χ0) is 70.4. The molecule has 512 valence electrons. The van der Waals surface area contributed by atoms with Crippen molar-refractivity contribution in [3.05, 3.63) is 234 Å². The molecule has 12 aromatic rings. The van der Waals surface area contributed by atoms with Gasteiger partial charge >= 0.3 is 0 Å². The van der Waals surface area contributed by atoms with Crippen molar-refractivity contribution in [3.63, 3.8) is 0 Å². The first-order chi connectivity index (χ1) is 47.9. The zero-order valence-corrected chi connectivity index (χ0v) is 58.5. The predicted molar refractivity (Wildman–Crippen MR) is 399 cm³/mol. The lowest BCUT2D eigenvalue weighted by molar-refractivity contribution is -0.126. The molecular weight excluding hydrogens is 1250 g/mol. The van der Waals surface area contributed by atoms with Crippen molar-refractivity contribution in [2.24, 2.45) is 28.2 Å². The van der Waals surface area contributed by atoms with Crippen LogP contribution in [-0.2, 0) is 69.0 Å². The number of nitrogens with one attached hydrogen (secondary N) is 4. The highest BCUT2D eigenvalue weighted by Gasteiger charge is 2.42. The van der Waals surface area contributed by atoms with Gasteiger partial charge in [-0.3, -0.25) is 38.4 Å². The van der Waals surface area contributed by atoms with Crippen LogP contribution in [0, 0.1) is 0 Å². The first kappa shape index (κ1) is 68.1. The summed E-state index contributed by atoms with van der Waals surface area (Å²) in [4.78, 5) is 113. The van der Waals surface area contributed by atoms with Gasteiger partial charge in [0, 0.05) is 168 Å². The summed E-state index contributed by atoms with van der Waals surface area (Å²) in [7, 11) is 8.04. The van der Waals surface area contributed by atoms with Crippen molar-refractivity contribution in [1.82, 2.24) is 38.2 Å². The van der Waals surface area contributed by atoms with Gasteiger partial charge in [-0.1, -0.05) is 86.3 Å². The SMILES string of the molecule is Cn1ccc2cc(-c3ccc([C@@]4(C)CCCCC4=O)c(=O)[nH]3)ccc21.Cn1ccc2cc(-c3ccc([C@@]4(C)CCCCC4=O)c(=O)[nH]3)ccc21.Cn1ccc2ccc(-c3ccc([C@@]4(C)CCCCC4=O)c(=O)[nH]3)cc21.Cn1ccc2ccc(-c3ccc([C@@]4(C)CCCCC4=O)c(=O)[nH]3)cc21. The molecule has 4 aliphatic carbocycles. The summed E-state index contributed by atoms with van der Waals surface area (Å²) in [5.74, 6) is 0.731. The molecule has 8 aromatic heterocycles. The number of H-pyrrole nitrogens is 4. The Morgan fingerprint density at radius 1 is 0.270 bits per heavy atom. The van der Waals surface area contributed by atoms with E-state index in [1.165, 1.54) is 10.8 Å². The second kappa shape index (κ2) is 27.3. The Hall–Kier alpha value is -10.5. The van der Waals surface area contributed by atoms with E-state index in [1.54, 1.807) is 0 Å². The van der Waals surface area contributed by atoms with E-state index in [0.29, 0.717) is 47.9 Å². The fourth-order valence-electron chi connectivity index (χ4n) is 15.9. The highest BCUT2D eigenvalue weighted by atomic mass is 16.2. The number of hydrogen-bond donors (Lipinski definition) is 4. The number of hydrogen-bond acceptors (Lipinski definition) is 8. The lowest BCUT2D eigenvalue weighted by atomic mass is 9.70. The van der Waals surface area contributed by atoms with E-state index in [1.807, 2.05) is 153 Å². The van der Waals surface area contributed by atoms with Crippen LogP contribution < -0.4 is 22.2 Å². The molecule has 4 atom stereocenters. The Morgan fingerprint density at radius 2 is 0.520 bits per heavy atom. The fourth-order valence-corrected chi connectivity index (χ4v) is 15.9. The second-order valence-electron chi connectivity index (χ2n) is 29.1. The first-order valence-corrected chi connectivity index (χ1v) is 35.3. The third-order valence-electron chi connectivity index (χ3n) is 22.6. The molecule has 4 aliphatic rings. The van der Waals surface area contributed by atoms with Gasteiger partial charge in [-0.2, -0.15) is 0 Å². The molecule has 0 amide bonds. The summed E-state index contributed by atoms with van der Waals surface area (Å²) in [5, 5.41) is 4.62. The van der Waals surface area contributed by atoms with E-state index in [9.17, 15) is 38.4 Å². The number of benzene rings is 4. The Balaban J connectivity index is 0.000000119. The minimum Gasteiger partial charge on any atom is -0.351 e. The molecule has 0 aliphatic heterocycles. The van der Waals surface area contributed by atoms with Crippen LogP contribution in [0.3, 0.4) is 0 Å². The number of ketones is 4. The van der Waals surface area contributed by atoms with Gasteiger partial charge in [-0.05, 0) is 186 Å². The standard InChI is InChI=1S/4C21H22N2O2/c2*1-21(11-4-3-5-19(21)24)16-7-8-17(22-20(16)25)14-6-9-18-15(13-14)10-12-23(18)2;2*1-21(11-4-3-5-19(21)24)16-8-9-17(22-20(16)25)15-7-6-14-10-12-23(2)18(14)13-15/h4*6-10,12-13H,3-5,11H2,1-2H3,(H,22,25)/t4*21-/m1111/s1. The third-order valence-corrected chi connectivity index (χ3v) is 22.6. The highest BCUT2D eigenvalue weighted by Crippen LogP contribution is 2.40. The summed E-state index contributed by atoms with van der Waals surface area (Å²) in [6, 6.07) is 47.9. The third kappa shape index (κ3) is 12.9. The molecule has 4 aromatic carbocycles. The van der Waals surface area contributed by atoms with Crippen LogP contribution in [0.1, 0.15) is 153 Å². The predicted octanol–water partition coefficient (Wildman–Crippen LogP) is 15.7. The highest BCUT2D eigenvalue weighted by molar-refractivity contribution is 5.94. The van der Waals surface area contributed by atoms with Crippen molar-refractivity contribution < 1.29 is 19.2 Å². The Morgan fingerprint density at radius 3 is 0.790 bits per heavy atom. The van der Waals surface area contributed by atoms with Gasteiger partial charge in [0.15, 0.2) is 0 Å². The van der Waals surface area contributed by atoms with E-state index < -0.39 is 21.7 Å².